The van der Waals surface area contributed by atoms with Crippen LogP contribution in [0, 0.1) is 5.82 Å². The molecule has 0 atom stereocenters. The van der Waals surface area contributed by atoms with Crippen molar-refractivity contribution in [2.24, 2.45) is 0 Å². The molecule has 0 bridgehead atoms. The van der Waals surface area contributed by atoms with Gasteiger partial charge in [0.05, 0.1) is 13.4 Å². The van der Waals surface area contributed by atoms with E-state index in [-0.39, 0.29) is 16.7 Å². The summed E-state index contributed by atoms with van der Waals surface area (Å²) < 4.78 is 41.9. The van der Waals surface area contributed by atoms with E-state index in [1.54, 1.807) is 12.1 Å². The second-order valence-electron chi connectivity index (χ2n) is 6.73. The lowest BCUT2D eigenvalue weighted by Gasteiger charge is -2.16. The molecule has 9 nitrogen and oxygen atoms in total. The van der Waals surface area contributed by atoms with Gasteiger partial charge in [-0.3, -0.25) is 9.78 Å². The minimum Gasteiger partial charge on any atom is -0.504 e. The molecule has 1 aromatic carbocycles. The summed E-state index contributed by atoms with van der Waals surface area (Å²) in [6.07, 6.45) is 2.58. The van der Waals surface area contributed by atoms with Crippen LogP contribution in [0.2, 0.25) is 0 Å². The predicted molar refractivity (Wildman–Crippen MR) is 109 cm³/mol. The maximum atomic E-state index is 13.1. The van der Waals surface area contributed by atoms with Gasteiger partial charge >= 0.3 is 5.97 Å². The van der Waals surface area contributed by atoms with Crippen LogP contribution in [0.15, 0.2) is 36.5 Å². The topological polar surface area (TPSA) is 127 Å². The number of ether oxygens (including phenoxy) is 1. The summed E-state index contributed by atoms with van der Waals surface area (Å²) in [4.78, 5) is 32.9. The molecule has 3 rings (SSSR count). The quantitative estimate of drug-likeness (QED) is 0.588. The molecule has 0 aliphatic heterocycles. The molecule has 0 aliphatic rings. The van der Waals surface area contributed by atoms with Crippen molar-refractivity contribution in [3.05, 3.63) is 64.9 Å². The van der Waals surface area contributed by atoms with E-state index in [1.165, 1.54) is 24.4 Å². The first kappa shape index (κ1) is 22.1. The maximum absolute atomic E-state index is 13.1. The summed E-state index contributed by atoms with van der Waals surface area (Å²) in [7, 11) is -1.81. The highest BCUT2D eigenvalue weighted by atomic mass is 32.2. The number of hydrogen-bond donors (Lipinski definition) is 1. The average molecular weight is 447 g/mol. The molecule has 2 aromatic heterocycles. The number of aromatic nitrogens is 2. The second kappa shape index (κ2) is 8.26. The number of sulfonamides is 1. The Morgan fingerprint density at radius 1 is 1.16 bits per heavy atom. The molecule has 0 fully saturated rings. The van der Waals surface area contributed by atoms with Crippen molar-refractivity contribution >= 4 is 32.8 Å². The molecule has 162 valence electrons. The zero-order valence-electron chi connectivity index (χ0n) is 16.8. The first-order valence-electron chi connectivity index (χ1n) is 8.85. The van der Waals surface area contributed by atoms with Crippen molar-refractivity contribution < 1.29 is 32.2 Å². The molecule has 0 saturated carbocycles. The fourth-order valence-corrected chi connectivity index (χ4v) is 3.24. The first-order chi connectivity index (χ1) is 14.5. The van der Waals surface area contributed by atoms with E-state index in [0.29, 0.717) is 16.3 Å². The number of fused-ring (bicyclic) bond motifs is 1. The number of nitrogens with zero attached hydrogens (tertiary/aromatic N) is 3. The normalized spacial score (nSPS) is 11.4. The largest absolute Gasteiger partial charge is 0.504 e. The number of hydrogen-bond acceptors (Lipinski definition) is 8. The highest BCUT2D eigenvalue weighted by molar-refractivity contribution is 7.88. The standard InChI is InChI=1S/C20H18FN3O6S/c1-24(31(3,28)29)19(26)16-14-9-12(8-11-4-6-13(21)7-5-11)10-22-15(14)18(25)17(23-16)20(27)30-2/h4-7,9-10,25H,8H2,1-3H3. The van der Waals surface area contributed by atoms with Crippen LogP contribution < -0.4 is 0 Å². The Balaban J connectivity index is 2.21. The van der Waals surface area contributed by atoms with Crippen molar-refractivity contribution in [3.63, 3.8) is 0 Å². The third-order valence-electron chi connectivity index (χ3n) is 4.56. The minimum absolute atomic E-state index is 0.0465. The molecule has 0 radical (unpaired) electrons. The van der Waals surface area contributed by atoms with Crippen molar-refractivity contribution in [2.75, 3.05) is 20.4 Å². The first-order valence-corrected chi connectivity index (χ1v) is 10.7. The van der Waals surface area contributed by atoms with Crippen LogP contribution >= 0.6 is 0 Å². The highest BCUT2D eigenvalue weighted by Crippen LogP contribution is 2.30. The van der Waals surface area contributed by atoms with E-state index in [9.17, 15) is 27.5 Å². The summed E-state index contributed by atoms with van der Waals surface area (Å²) in [5, 5.41) is 10.5. The lowest BCUT2D eigenvalue weighted by Crippen LogP contribution is -2.33. The summed E-state index contributed by atoms with van der Waals surface area (Å²) in [5.41, 5.74) is 0.256. The predicted octanol–water partition coefficient (Wildman–Crippen LogP) is 1.88. The van der Waals surface area contributed by atoms with Gasteiger partial charge in [0.15, 0.2) is 11.4 Å². The summed E-state index contributed by atoms with van der Waals surface area (Å²) in [6.45, 7) is 0. The van der Waals surface area contributed by atoms with Crippen molar-refractivity contribution in [2.45, 2.75) is 6.42 Å². The zero-order chi connectivity index (χ0) is 22.9. The van der Waals surface area contributed by atoms with Crippen LogP contribution in [-0.2, 0) is 21.2 Å². The van der Waals surface area contributed by atoms with Crippen LogP contribution in [0.3, 0.4) is 0 Å². The van der Waals surface area contributed by atoms with Crippen molar-refractivity contribution in [1.29, 1.82) is 0 Å². The number of rotatable bonds is 5. The molecule has 1 N–H and O–H groups in total. The maximum Gasteiger partial charge on any atom is 0.360 e. The number of pyridine rings is 2. The molecule has 2 heterocycles. The van der Waals surface area contributed by atoms with Crippen LogP contribution in [0.1, 0.15) is 32.1 Å². The Bertz CT molecular complexity index is 1290. The van der Waals surface area contributed by atoms with Gasteiger partial charge in [0.1, 0.15) is 17.0 Å². The summed E-state index contributed by atoms with van der Waals surface area (Å²) in [6, 6.07) is 7.27. The third-order valence-corrected chi connectivity index (χ3v) is 5.72. The fraction of sp³-hybridized carbons (Fsp3) is 0.200. The number of carbonyl (C=O) groups is 2. The molecule has 0 unspecified atom stereocenters. The lowest BCUT2D eigenvalue weighted by molar-refractivity contribution is 0.0590. The molecule has 0 spiro atoms. The summed E-state index contributed by atoms with van der Waals surface area (Å²) in [5.74, 6) is -3.03. The summed E-state index contributed by atoms with van der Waals surface area (Å²) >= 11 is 0. The zero-order valence-corrected chi connectivity index (χ0v) is 17.6. The number of benzene rings is 1. The van der Waals surface area contributed by atoms with Crippen molar-refractivity contribution in [3.8, 4) is 5.75 Å². The van der Waals surface area contributed by atoms with E-state index in [4.69, 9.17) is 0 Å². The van der Waals surface area contributed by atoms with Crippen LogP contribution in [0.4, 0.5) is 4.39 Å². The monoisotopic (exact) mass is 447 g/mol. The van der Waals surface area contributed by atoms with E-state index < -0.39 is 39.0 Å². The Labute approximate surface area is 177 Å². The molecular formula is C20H18FN3O6S. The third kappa shape index (κ3) is 4.45. The van der Waals surface area contributed by atoms with Gasteiger partial charge in [0.25, 0.3) is 5.91 Å². The molecule has 11 heteroatoms. The van der Waals surface area contributed by atoms with Gasteiger partial charge in [-0.25, -0.2) is 26.9 Å². The number of aromatic hydroxyl groups is 1. The van der Waals surface area contributed by atoms with Gasteiger partial charge < -0.3 is 9.84 Å². The number of halogens is 1. The molecule has 31 heavy (non-hydrogen) atoms. The lowest BCUT2D eigenvalue weighted by atomic mass is 10.0. The number of carbonyl (C=O) groups excluding carboxylic acids is 2. The van der Waals surface area contributed by atoms with E-state index in [2.05, 4.69) is 14.7 Å². The van der Waals surface area contributed by atoms with Crippen LogP contribution in [0.25, 0.3) is 10.9 Å². The molecule has 0 saturated heterocycles. The smallest absolute Gasteiger partial charge is 0.360 e. The molecular weight excluding hydrogens is 429 g/mol. The van der Waals surface area contributed by atoms with Gasteiger partial charge in [-0.2, -0.15) is 0 Å². The number of amides is 1. The average Bonchev–Trinajstić information content (AvgIpc) is 2.73. The number of esters is 1. The highest BCUT2D eigenvalue weighted by Gasteiger charge is 2.28. The minimum atomic E-state index is -3.92. The fourth-order valence-electron chi connectivity index (χ4n) is 2.85. The second-order valence-corrected chi connectivity index (χ2v) is 8.74. The van der Waals surface area contributed by atoms with Crippen molar-refractivity contribution in [1.82, 2.24) is 14.3 Å². The SMILES string of the molecule is COC(=O)c1nc(C(=O)N(C)S(C)(=O)=O)c2cc(Cc3ccc(F)cc3)cnc2c1O. The Kier molecular flexibility index (Phi) is 5.89. The van der Waals surface area contributed by atoms with E-state index >= 15 is 0 Å². The van der Waals surface area contributed by atoms with Gasteiger partial charge in [-0.05, 0) is 35.7 Å². The van der Waals surface area contributed by atoms with Crippen LogP contribution in [0.5, 0.6) is 5.75 Å². The molecule has 3 aromatic rings. The Hall–Kier alpha value is -3.60. The van der Waals surface area contributed by atoms with E-state index in [1.807, 2.05) is 0 Å². The van der Waals surface area contributed by atoms with Gasteiger partial charge in [0.2, 0.25) is 10.0 Å². The van der Waals surface area contributed by atoms with Gasteiger partial charge in [0, 0.05) is 18.6 Å². The number of methoxy groups -OCH3 is 1. The molecule has 0 aliphatic carbocycles. The molecule has 1 amide bonds. The van der Waals surface area contributed by atoms with Gasteiger partial charge in [-0.1, -0.05) is 12.1 Å². The van der Waals surface area contributed by atoms with Crippen LogP contribution in [-0.4, -0.2) is 60.1 Å². The van der Waals surface area contributed by atoms with E-state index in [0.717, 1.165) is 26.0 Å². The van der Waals surface area contributed by atoms with Gasteiger partial charge in [-0.15, -0.1) is 0 Å². The Morgan fingerprint density at radius 2 is 1.81 bits per heavy atom. The Morgan fingerprint density at radius 3 is 2.39 bits per heavy atom.